The van der Waals surface area contributed by atoms with Crippen LogP contribution < -0.4 is 17.0 Å². The molecule has 2 fully saturated rings. The Morgan fingerprint density at radius 3 is 2.57 bits per heavy atom. The number of phosphoric ester groups is 2. The number of fused-ring (bicyclic) bond motifs is 1. The van der Waals surface area contributed by atoms with Gasteiger partial charge in [-0.05, 0) is 6.92 Å². The van der Waals surface area contributed by atoms with Crippen molar-refractivity contribution in [3.63, 3.8) is 0 Å². The number of phosphoric acid groups is 2. The van der Waals surface area contributed by atoms with Gasteiger partial charge in [-0.15, -0.1) is 0 Å². The molecule has 23 heteroatoms. The molecule has 4 unspecified atom stereocenters. The number of ether oxygens (including phenoxy) is 2. The monoisotopic (exact) mass is 665 g/mol. The molecule has 21 nitrogen and oxygen atoms in total. The number of aliphatic hydroxyl groups excluding tert-OH is 2. The number of rotatable bonds is 11. The number of aliphatic hydroxyl groups is 2. The van der Waals surface area contributed by atoms with Crippen LogP contribution in [-0.2, 0) is 36.7 Å². The second-order valence-corrected chi connectivity index (χ2v) is 12.7. The molecule has 0 radical (unpaired) electrons. The molecular weight excluding hydrogens is 636 g/mol. The minimum absolute atomic E-state index is 0.0262. The fourth-order valence-corrected chi connectivity index (χ4v) is 6.41. The van der Waals surface area contributed by atoms with E-state index in [-0.39, 0.29) is 29.0 Å². The van der Waals surface area contributed by atoms with Gasteiger partial charge in [-0.3, -0.25) is 37.0 Å². The average molecular weight is 665 g/mol. The van der Waals surface area contributed by atoms with Crippen molar-refractivity contribution >= 4 is 32.6 Å². The number of anilines is 1. The summed E-state index contributed by atoms with van der Waals surface area (Å²) < 4.78 is 58.8. The van der Waals surface area contributed by atoms with E-state index in [4.69, 9.17) is 28.8 Å². The van der Waals surface area contributed by atoms with Gasteiger partial charge in [0.25, 0.3) is 5.56 Å². The van der Waals surface area contributed by atoms with Crippen LogP contribution in [0.5, 0.6) is 0 Å². The molecule has 7 N–H and O–H groups in total. The van der Waals surface area contributed by atoms with E-state index in [9.17, 15) is 38.7 Å². The highest BCUT2D eigenvalue weighted by Crippen LogP contribution is 2.52. The quantitative estimate of drug-likeness (QED) is 0.126. The third-order valence-corrected chi connectivity index (χ3v) is 8.93. The van der Waals surface area contributed by atoms with E-state index >= 15 is 0 Å². The molecule has 0 spiro atoms. The van der Waals surface area contributed by atoms with Crippen LogP contribution in [0.1, 0.15) is 24.4 Å². The van der Waals surface area contributed by atoms with Gasteiger partial charge in [0.05, 0.1) is 19.5 Å². The summed E-state index contributed by atoms with van der Waals surface area (Å²) in [7, 11) is -8.81. The van der Waals surface area contributed by atoms with Gasteiger partial charge in [-0.2, -0.15) is 0 Å². The maximum absolute atomic E-state index is 13.3. The van der Waals surface area contributed by atoms with Crippen molar-refractivity contribution in [1.82, 2.24) is 29.1 Å². The Bertz CT molecular complexity index is 1730. The third-order valence-electron chi connectivity index (χ3n) is 6.94. The highest BCUT2D eigenvalue weighted by atomic mass is 31.2. The normalized spacial score (nSPS) is 30.0. The van der Waals surface area contributed by atoms with E-state index in [1.807, 2.05) is 0 Å². The zero-order valence-electron chi connectivity index (χ0n) is 23.0. The van der Waals surface area contributed by atoms with E-state index < -0.39 is 83.1 Å². The molecule has 5 rings (SSSR count). The highest BCUT2D eigenvalue weighted by Gasteiger charge is 2.51. The number of aromatic amines is 1. The lowest BCUT2D eigenvalue weighted by molar-refractivity contribution is -0.0559. The van der Waals surface area contributed by atoms with E-state index in [1.165, 1.54) is 24.0 Å². The van der Waals surface area contributed by atoms with Crippen LogP contribution in [0, 0.1) is 6.92 Å². The standard InChI is InChI=1S/C21H29N7O14P2/c1-9-4-27(21(32)26-19(9)31)13-3-10(11(5-29)39-13)41-44(35,36)42-16-12(6-38-43(33,34)37-2)40-20(15(16)30)28-8-25-14-17(22)23-7-24-18(14)28/h4,7-8,10-13,15-16,20,29-30H,3,5-6H2,1-2H3,(H,33,34)(H,35,36)(H2,22,23,24)(H,26,31,32)/t10?,11-,12+,13-,15-,16?,20+/m0/s1. The molecule has 3 aromatic rings. The summed E-state index contributed by atoms with van der Waals surface area (Å²) >= 11 is 0. The number of imidazole rings is 1. The zero-order valence-corrected chi connectivity index (χ0v) is 24.8. The predicted molar refractivity (Wildman–Crippen MR) is 144 cm³/mol. The maximum atomic E-state index is 13.3. The maximum Gasteiger partial charge on any atom is 0.473 e. The predicted octanol–water partition coefficient (Wildman–Crippen LogP) is -1.56. The van der Waals surface area contributed by atoms with Gasteiger partial charge < -0.3 is 35.2 Å². The highest BCUT2D eigenvalue weighted by molar-refractivity contribution is 7.47. The fraction of sp³-hybridized carbons (Fsp3) is 0.571. The Hall–Kier alpha value is -2.91. The fourth-order valence-electron chi connectivity index (χ4n) is 4.79. The number of nitrogens with two attached hydrogens (primary N) is 1. The lowest BCUT2D eigenvalue weighted by Gasteiger charge is -2.25. The number of H-pyrrole nitrogens is 1. The van der Waals surface area contributed by atoms with Gasteiger partial charge in [0.15, 0.2) is 17.7 Å². The summed E-state index contributed by atoms with van der Waals surface area (Å²) in [6.45, 7) is 0.00950. The number of nitrogen functional groups attached to an aromatic ring is 1. The van der Waals surface area contributed by atoms with Gasteiger partial charge in [0, 0.05) is 25.3 Å². The topological polar surface area (TPSA) is 295 Å². The molecule has 5 heterocycles. The summed E-state index contributed by atoms with van der Waals surface area (Å²) in [5.74, 6) is 0.0262. The first-order valence-electron chi connectivity index (χ1n) is 12.8. The number of nitrogens with one attached hydrogen (secondary N) is 1. The Kier molecular flexibility index (Phi) is 9.21. The van der Waals surface area contributed by atoms with Crippen LogP contribution in [0.2, 0.25) is 0 Å². The molecule has 9 atom stereocenters. The first kappa shape index (κ1) is 32.5. The summed E-state index contributed by atoms with van der Waals surface area (Å²) in [5.41, 5.74) is 4.88. The van der Waals surface area contributed by atoms with Crippen molar-refractivity contribution in [2.45, 2.75) is 56.3 Å². The van der Waals surface area contributed by atoms with E-state index in [0.717, 1.165) is 18.0 Å². The molecule has 0 aromatic carbocycles. The zero-order chi connectivity index (χ0) is 32.0. The molecule has 242 valence electrons. The summed E-state index contributed by atoms with van der Waals surface area (Å²) in [4.78, 5) is 58.6. The smallest absolute Gasteiger partial charge is 0.394 e. The van der Waals surface area contributed by atoms with E-state index in [1.54, 1.807) is 0 Å². The van der Waals surface area contributed by atoms with Crippen molar-refractivity contribution in [2.75, 3.05) is 26.1 Å². The molecule has 0 saturated carbocycles. The van der Waals surface area contributed by atoms with Crippen molar-refractivity contribution in [3.8, 4) is 0 Å². The van der Waals surface area contributed by atoms with Crippen molar-refractivity contribution < 1.29 is 56.7 Å². The molecular formula is C21H29N7O14P2. The van der Waals surface area contributed by atoms with Crippen molar-refractivity contribution in [3.05, 3.63) is 45.3 Å². The largest absolute Gasteiger partial charge is 0.473 e. The van der Waals surface area contributed by atoms with Crippen LogP contribution in [0.4, 0.5) is 5.82 Å². The second kappa shape index (κ2) is 12.5. The molecule has 2 aliphatic rings. The van der Waals surface area contributed by atoms with Gasteiger partial charge in [0.1, 0.15) is 48.6 Å². The van der Waals surface area contributed by atoms with Crippen LogP contribution in [0.25, 0.3) is 11.2 Å². The summed E-state index contributed by atoms with van der Waals surface area (Å²) in [5, 5.41) is 21.0. The first-order valence-corrected chi connectivity index (χ1v) is 15.8. The van der Waals surface area contributed by atoms with Crippen LogP contribution in [0.3, 0.4) is 0 Å². The minimum Gasteiger partial charge on any atom is -0.394 e. The Balaban J connectivity index is 1.37. The first-order chi connectivity index (χ1) is 20.7. The Morgan fingerprint density at radius 1 is 1.11 bits per heavy atom. The molecule has 0 aliphatic carbocycles. The molecule has 44 heavy (non-hydrogen) atoms. The van der Waals surface area contributed by atoms with Crippen molar-refractivity contribution in [2.24, 2.45) is 0 Å². The minimum atomic E-state index is -5.16. The van der Waals surface area contributed by atoms with Gasteiger partial charge >= 0.3 is 21.3 Å². The van der Waals surface area contributed by atoms with Gasteiger partial charge in [-0.25, -0.2) is 28.9 Å². The number of hydrogen-bond acceptors (Lipinski definition) is 16. The lowest BCUT2D eigenvalue weighted by atomic mass is 10.1. The van der Waals surface area contributed by atoms with Gasteiger partial charge in [-0.1, -0.05) is 0 Å². The van der Waals surface area contributed by atoms with E-state index in [0.29, 0.717) is 0 Å². The van der Waals surface area contributed by atoms with Gasteiger partial charge in [0.2, 0.25) is 0 Å². The second-order valence-electron chi connectivity index (χ2n) is 9.79. The van der Waals surface area contributed by atoms with Crippen molar-refractivity contribution in [1.29, 1.82) is 0 Å². The molecule has 3 aromatic heterocycles. The number of aryl methyl sites for hydroxylation is 1. The SMILES string of the molecule is COP(=O)(O)OC[C@H]1O[C@@H](n2cnc3c(N)ncnc32)[C@@H](O)C1OP(=O)(O)OC1C[C@@H](n2cc(C)c(=O)[nH]c2=O)O[C@H]1CO. The van der Waals surface area contributed by atoms with E-state index in [2.05, 4.69) is 24.5 Å². The lowest BCUT2D eigenvalue weighted by Crippen LogP contribution is -2.36. The molecule has 0 bridgehead atoms. The third kappa shape index (κ3) is 6.54. The number of hydrogen-bond donors (Lipinski definition) is 6. The van der Waals surface area contributed by atoms with Crippen LogP contribution in [-0.4, -0.2) is 99.9 Å². The Morgan fingerprint density at radius 2 is 1.86 bits per heavy atom. The van der Waals surface area contributed by atoms with Crippen LogP contribution in [0.15, 0.2) is 28.4 Å². The molecule has 0 amide bonds. The number of aromatic nitrogens is 6. The summed E-state index contributed by atoms with van der Waals surface area (Å²) in [6.07, 6.45) is -6.57. The summed E-state index contributed by atoms with van der Waals surface area (Å²) in [6, 6.07) is 0. The average Bonchev–Trinajstić information content (AvgIpc) is 3.65. The molecule has 2 saturated heterocycles. The Labute approximate surface area is 246 Å². The number of nitrogens with zero attached hydrogens (tertiary/aromatic N) is 5. The van der Waals surface area contributed by atoms with Crippen LogP contribution >= 0.6 is 15.6 Å². The molecule has 2 aliphatic heterocycles.